The number of aromatic nitrogens is 1. The van der Waals surface area contributed by atoms with Crippen LogP contribution in [0, 0.1) is 4.64 Å². The Bertz CT molecular complexity index is 543. The Hall–Kier alpha value is -1.81. The maximum absolute atomic E-state index is 9.64. The monoisotopic (exact) mass is 233 g/mol. The van der Waals surface area contributed by atoms with Crippen molar-refractivity contribution in [2.24, 2.45) is 0 Å². The Balaban J connectivity index is 2.42. The van der Waals surface area contributed by atoms with E-state index in [2.05, 4.69) is 4.98 Å². The van der Waals surface area contributed by atoms with Gasteiger partial charge in [0.2, 0.25) is 0 Å². The second-order valence-electron chi connectivity index (χ2n) is 3.48. The van der Waals surface area contributed by atoms with Gasteiger partial charge in [0, 0.05) is 18.2 Å². The largest absolute Gasteiger partial charge is 0.508 e. The zero-order valence-corrected chi connectivity index (χ0v) is 9.29. The third kappa shape index (κ3) is 2.06. The number of benzene rings is 1. The number of aromatic hydroxyl groups is 2. The zero-order chi connectivity index (χ0) is 11.5. The van der Waals surface area contributed by atoms with E-state index in [1.807, 2.05) is 12.1 Å². The molecule has 0 atom stereocenters. The Morgan fingerprint density at radius 2 is 1.75 bits per heavy atom. The average molecular weight is 233 g/mol. The second-order valence-corrected chi connectivity index (χ2v) is 3.88. The SMILES string of the molecule is Oc1cccc(O)c1Cc1ccc[nH]c1=S. The summed E-state index contributed by atoms with van der Waals surface area (Å²) in [7, 11) is 0. The van der Waals surface area contributed by atoms with Crippen molar-refractivity contribution in [3.63, 3.8) is 0 Å². The number of rotatable bonds is 2. The third-order valence-electron chi connectivity index (χ3n) is 2.39. The molecule has 3 nitrogen and oxygen atoms in total. The normalized spacial score (nSPS) is 10.2. The summed E-state index contributed by atoms with van der Waals surface area (Å²) in [6.07, 6.45) is 2.16. The fourth-order valence-electron chi connectivity index (χ4n) is 1.53. The van der Waals surface area contributed by atoms with Crippen LogP contribution < -0.4 is 0 Å². The van der Waals surface area contributed by atoms with Crippen LogP contribution in [0.1, 0.15) is 11.1 Å². The molecule has 4 heteroatoms. The number of phenolic OH excluding ortho intramolecular Hbond substituents is 2. The van der Waals surface area contributed by atoms with E-state index in [0.717, 1.165) is 5.56 Å². The minimum absolute atomic E-state index is 0.0817. The summed E-state index contributed by atoms with van der Waals surface area (Å²) in [6.45, 7) is 0. The molecule has 16 heavy (non-hydrogen) atoms. The quantitative estimate of drug-likeness (QED) is 0.699. The lowest BCUT2D eigenvalue weighted by atomic mass is 10.0. The molecule has 3 N–H and O–H groups in total. The summed E-state index contributed by atoms with van der Waals surface area (Å²) in [4.78, 5) is 2.91. The molecule has 0 bridgehead atoms. The van der Waals surface area contributed by atoms with Gasteiger partial charge in [-0.15, -0.1) is 0 Å². The lowest BCUT2D eigenvalue weighted by molar-refractivity contribution is 0.440. The standard InChI is InChI=1S/C12H11NO2S/c14-10-4-1-5-11(15)9(10)7-8-3-2-6-13-12(8)16/h1-6,14-15H,7H2,(H,13,16). The van der Waals surface area contributed by atoms with E-state index < -0.39 is 0 Å². The maximum atomic E-state index is 9.64. The molecular weight excluding hydrogens is 222 g/mol. The van der Waals surface area contributed by atoms with Crippen LogP contribution in [0.2, 0.25) is 0 Å². The van der Waals surface area contributed by atoms with Gasteiger partial charge in [-0.25, -0.2) is 0 Å². The van der Waals surface area contributed by atoms with E-state index in [9.17, 15) is 10.2 Å². The molecule has 0 saturated carbocycles. The van der Waals surface area contributed by atoms with Crippen molar-refractivity contribution in [1.29, 1.82) is 0 Å². The minimum Gasteiger partial charge on any atom is -0.508 e. The van der Waals surface area contributed by atoms with E-state index in [1.54, 1.807) is 24.4 Å². The number of hydrogen-bond acceptors (Lipinski definition) is 3. The summed E-state index contributed by atoms with van der Waals surface area (Å²) >= 11 is 5.12. The molecule has 0 unspecified atom stereocenters. The first-order chi connectivity index (χ1) is 7.68. The zero-order valence-electron chi connectivity index (χ0n) is 8.47. The number of aromatic amines is 1. The smallest absolute Gasteiger partial charge is 0.122 e. The molecule has 0 aliphatic heterocycles. The molecule has 1 aromatic heterocycles. The third-order valence-corrected chi connectivity index (χ3v) is 2.77. The minimum atomic E-state index is 0.0817. The van der Waals surface area contributed by atoms with Gasteiger partial charge in [0.05, 0.1) is 0 Å². The van der Waals surface area contributed by atoms with Crippen molar-refractivity contribution in [2.75, 3.05) is 0 Å². The second kappa shape index (κ2) is 4.37. The molecule has 0 radical (unpaired) electrons. The first-order valence-electron chi connectivity index (χ1n) is 4.85. The number of H-pyrrole nitrogens is 1. The van der Waals surface area contributed by atoms with Crippen LogP contribution in [-0.2, 0) is 6.42 Å². The molecule has 0 fully saturated rings. The van der Waals surface area contributed by atoms with Gasteiger partial charge in [-0.3, -0.25) is 0 Å². The maximum Gasteiger partial charge on any atom is 0.122 e. The van der Waals surface area contributed by atoms with Gasteiger partial charge in [-0.05, 0) is 23.8 Å². The molecule has 0 aliphatic carbocycles. The van der Waals surface area contributed by atoms with Gasteiger partial charge in [0.15, 0.2) is 0 Å². The van der Waals surface area contributed by atoms with E-state index in [4.69, 9.17) is 12.2 Å². The summed E-state index contributed by atoms with van der Waals surface area (Å²) < 4.78 is 0.616. The Morgan fingerprint density at radius 1 is 1.06 bits per heavy atom. The molecule has 2 rings (SSSR count). The topological polar surface area (TPSA) is 56.2 Å². The van der Waals surface area contributed by atoms with Crippen molar-refractivity contribution in [3.05, 3.63) is 52.3 Å². The highest BCUT2D eigenvalue weighted by Gasteiger charge is 2.08. The number of pyridine rings is 1. The van der Waals surface area contributed by atoms with Crippen molar-refractivity contribution in [2.45, 2.75) is 6.42 Å². The van der Waals surface area contributed by atoms with E-state index in [0.29, 0.717) is 16.6 Å². The summed E-state index contributed by atoms with van der Waals surface area (Å²) in [6, 6.07) is 8.39. The molecule has 0 spiro atoms. The molecule has 2 aromatic rings. The highest BCUT2D eigenvalue weighted by atomic mass is 32.1. The molecule has 82 valence electrons. The van der Waals surface area contributed by atoms with Crippen LogP contribution in [0.3, 0.4) is 0 Å². The van der Waals surface area contributed by atoms with E-state index in [-0.39, 0.29) is 11.5 Å². The van der Waals surface area contributed by atoms with E-state index in [1.165, 1.54) is 0 Å². The van der Waals surface area contributed by atoms with Gasteiger partial charge in [-0.2, -0.15) is 0 Å². The van der Waals surface area contributed by atoms with Crippen molar-refractivity contribution in [1.82, 2.24) is 4.98 Å². The Morgan fingerprint density at radius 3 is 2.38 bits per heavy atom. The molecule has 0 amide bonds. The van der Waals surface area contributed by atoms with Gasteiger partial charge in [0.1, 0.15) is 16.1 Å². The van der Waals surface area contributed by atoms with Gasteiger partial charge >= 0.3 is 0 Å². The van der Waals surface area contributed by atoms with Gasteiger partial charge < -0.3 is 15.2 Å². The first kappa shape index (κ1) is 10.7. The molecule has 1 aromatic carbocycles. The van der Waals surface area contributed by atoms with Crippen molar-refractivity contribution >= 4 is 12.2 Å². The van der Waals surface area contributed by atoms with E-state index >= 15 is 0 Å². The Kier molecular flexibility index (Phi) is 2.92. The highest BCUT2D eigenvalue weighted by molar-refractivity contribution is 7.71. The van der Waals surface area contributed by atoms with Crippen LogP contribution >= 0.6 is 12.2 Å². The van der Waals surface area contributed by atoms with Gasteiger partial charge in [-0.1, -0.05) is 24.4 Å². The van der Waals surface area contributed by atoms with Crippen LogP contribution in [0.15, 0.2) is 36.5 Å². The fraction of sp³-hybridized carbons (Fsp3) is 0.0833. The van der Waals surface area contributed by atoms with Gasteiger partial charge in [0.25, 0.3) is 0 Å². The van der Waals surface area contributed by atoms with Crippen LogP contribution in [0.25, 0.3) is 0 Å². The highest BCUT2D eigenvalue weighted by Crippen LogP contribution is 2.28. The molecule has 1 heterocycles. The molecular formula is C12H11NO2S. The Labute approximate surface area is 98.0 Å². The van der Waals surface area contributed by atoms with Crippen molar-refractivity contribution < 1.29 is 10.2 Å². The predicted octanol–water partition coefficient (Wildman–Crippen LogP) is 2.75. The van der Waals surface area contributed by atoms with Crippen LogP contribution in [0.5, 0.6) is 11.5 Å². The predicted molar refractivity (Wildman–Crippen MR) is 64.2 cm³/mol. The number of hydrogen-bond donors (Lipinski definition) is 3. The molecule has 0 saturated heterocycles. The molecule has 0 aliphatic rings. The number of nitrogens with one attached hydrogen (secondary N) is 1. The van der Waals surface area contributed by atoms with Crippen LogP contribution in [0.4, 0.5) is 0 Å². The van der Waals surface area contributed by atoms with Crippen LogP contribution in [-0.4, -0.2) is 15.2 Å². The lowest BCUT2D eigenvalue weighted by Crippen LogP contribution is -1.92. The fourth-order valence-corrected chi connectivity index (χ4v) is 1.74. The summed E-state index contributed by atoms with van der Waals surface area (Å²) in [5.74, 6) is 0.163. The lowest BCUT2D eigenvalue weighted by Gasteiger charge is -2.06. The van der Waals surface area contributed by atoms with Crippen molar-refractivity contribution in [3.8, 4) is 11.5 Å². The average Bonchev–Trinajstić information content (AvgIpc) is 2.26. The summed E-state index contributed by atoms with van der Waals surface area (Å²) in [5.41, 5.74) is 1.36. The number of phenols is 2. The first-order valence-corrected chi connectivity index (χ1v) is 5.25. The summed E-state index contributed by atoms with van der Waals surface area (Å²) in [5, 5.41) is 19.3.